The number of rotatable bonds is 6. The van der Waals surface area contributed by atoms with Crippen molar-refractivity contribution in [1.29, 1.82) is 0 Å². The van der Waals surface area contributed by atoms with Gasteiger partial charge in [0.2, 0.25) is 0 Å². The highest BCUT2D eigenvalue weighted by Crippen LogP contribution is 2.25. The SMILES string of the molecule is CCOC(=O)c1cccc(NC(=O)c2cnc(-c3ccccc3)nc2-c2ccncc2)c1. The van der Waals surface area contributed by atoms with Gasteiger partial charge >= 0.3 is 5.97 Å². The van der Waals surface area contributed by atoms with Crippen LogP contribution in [0.1, 0.15) is 27.6 Å². The fourth-order valence-corrected chi connectivity index (χ4v) is 3.14. The van der Waals surface area contributed by atoms with Crippen LogP contribution in [-0.2, 0) is 4.74 Å². The quantitative estimate of drug-likeness (QED) is 0.454. The number of carbonyl (C=O) groups excluding carboxylic acids is 2. The van der Waals surface area contributed by atoms with Gasteiger partial charge in [-0.15, -0.1) is 0 Å². The number of esters is 1. The zero-order chi connectivity index (χ0) is 22.3. The van der Waals surface area contributed by atoms with Crippen LogP contribution in [0.3, 0.4) is 0 Å². The average molecular weight is 424 g/mol. The van der Waals surface area contributed by atoms with Crippen molar-refractivity contribution in [3.05, 3.63) is 96.4 Å². The second-order valence-electron chi connectivity index (χ2n) is 6.81. The van der Waals surface area contributed by atoms with Crippen molar-refractivity contribution in [2.45, 2.75) is 6.92 Å². The Bertz CT molecular complexity index is 1240. The van der Waals surface area contributed by atoms with E-state index >= 15 is 0 Å². The van der Waals surface area contributed by atoms with Crippen LogP contribution in [0.5, 0.6) is 0 Å². The topological polar surface area (TPSA) is 94.1 Å². The number of benzene rings is 2. The molecular formula is C25H20N4O3. The minimum atomic E-state index is -0.448. The van der Waals surface area contributed by atoms with Crippen molar-refractivity contribution in [2.24, 2.45) is 0 Å². The summed E-state index contributed by atoms with van der Waals surface area (Å²) in [5.74, 6) is -0.327. The van der Waals surface area contributed by atoms with Crippen molar-refractivity contribution in [1.82, 2.24) is 15.0 Å². The lowest BCUT2D eigenvalue weighted by Gasteiger charge is -2.12. The van der Waals surface area contributed by atoms with Crippen LogP contribution in [0.25, 0.3) is 22.6 Å². The summed E-state index contributed by atoms with van der Waals surface area (Å²) >= 11 is 0. The largest absolute Gasteiger partial charge is 0.462 e. The van der Waals surface area contributed by atoms with Gasteiger partial charge in [0.05, 0.1) is 23.4 Å². The predicted molar refractivity (Wildman–Crippen MR) is 121 cm³/mol. The Kier molecular flexibility index (Phi) is 6.27. The lowest BCUT2D eigenvalue weighted by atomic mass is 10.1. The molecule has 0 aliphatic heterocycles. The first kappa shape index (κ1) is 20.9. The first-order valence-electron chi connectivity index (χ1n) is 10.1. The molecule has 1 N–H and O–H groups in total. The highest BCUT2D eigenvalue weighted by molar-refractivity contribution is 6.08. The molecule has 0 spiro atoms. The summed E-state index contributed by atoms with van der Waals surface area (Å²) in [6.07, 6.45) is 4.80. The molecule has 4 rings (SSSR count). The zero-order valence-electron chi connectivity index (χ0n) is 17.4. The van der Waals surface area contributed by atoms with E-state index in [-0.39, 0.29) is 6.61 Å². The lowest BCUT2D eigenvalue weighted by molar-refractivity contribution is 0.0526. The Morgan fingerprint density at radius 1 is 0.938 bits per heavy atom. The molecule has 2 aromatic heterocycles. The van der Waals surface area contributed by atoms with Gasteiger partial charge in [0.25, 0.3) is 5.91 Å². The van der Waals surface area contributed by atoms with E-state index in [2.05, 4.69) is 20.3 Å². The Labute approximate surface area is 185 Å². The number of nitrogens with one attached hydrogen (secondary N) is 1. The van der Waals surface area contributed by atoms with Crippen LogP contribution in [-0.4, -0.2) is 33.4 Å². The molecule has 0 saturated heterocycles. The molecule has 0 fully saturated rings. The van der Waals surface area contributed by atoms with Crippen LogP contribution in [0.2, 0.25) is 0 Å². The van der Waals surface area contributed by atoms with Crippen LogP contribution in [0.4, 0.5) is 5.69 Å². The molecule has 0 atom stereocenters. The Balaban J connectivity index is 1.69. The molecule has 0 aliphatic rings. The number of pyridine rings is 1. The number of amides is 1. The third-order valence-electron chi connectivity index (χ3n) is 4.65. The average Bonchev–Trinajstić information content (AvgIpc) is 2.85. The zero-order valence-corrected chi connectivity index (χ0v) is 17.4. The van der Waals surface area contributed by atoms with Gasteiger partial charge in [-0.2, -0.15) is 0 Å². The first-order valence-corrected chi connectivity index (χ1v) is 10.1. The summed E-state index contributed by atoms with van der Waals surface area (Å²) in [7, 11) is 0. The monoisotopic (exact) mass is 424 g/mol. The van der Waals surface area contributed by atoms with E-state index in [1.54, 1.807) is 55.7 Å². The van der Waals surface area contributed by atoms with Crippen molar-refractivity contribution < 1.29 is 14.3 Å². The van der Waals surface area contributed by atoms with Crippen LogP contribution in [0.15, 0.2) is 85.3 Å². The van der Waals surface area contributed by atoms with Gasteiger partial charge in [-0.1, -0.05) is 36.4 Å². The number of aromatic nitrogens is 3. The molecule has 158 valence electrons. The van der Waals surface area contributed by atoms with Crippen LogP contribution >= 0.6 is 0 Å². The summed E-state index contributed by atoms with van der Waals surface area (Å²) in [4.78, 5) is 38.3. The van der Waals surface area contributed by atoms with Gasteiger partial charge in [0.15, 0.2) is 5.82 Å². The number of anilines is 1. The molecular weight excluding hydrogens is 404 g/mol. The number of nitrogens with zero attached hydrogens (tertiary/aromatic N) is 3. The summed E-state index contributed by atoms with van der Waals surface area (Å²) in [6, 6.07) is 19.7. The molecule has 1 amide bonds. The molecule has 32 heavy (non-hydrogen) atoms. The second kappa shape index (κ2) is 9.61. The predicted octanol–water partition coefficient (Wildman–Crippen LogP) is 4.63. The smallest absolute Gasteiger partial charge is 0.338 e. The number of hydrogen-bond donors (Lipinski definition) is 1. The fourth-order valence-electron chi connectivity index (χ4n) is 3.14. The van der Waals surface area contributed by atoms with Gasteiger partial charge in [-0.3, -0.25) is 9.78 Å². The van der Waals surface area contributed by atoms with Gasteiger partial charge in [-0.05, 0) is 37.3 Å². The maximum absolute atomic E-state index is 13.1. The summed E-state index contributed by atoms with van der Waals surface area (Å²) in [5, 5.41) is 2.82. The normalized spacial score (nSPS) is 10.4. The number of carbonyl (C=O) groups is 2. The van der Waals surface area contributed by atoms with Gasteiger partial charge < -0.3 is 10.1 Å². The van der Waals surface area contributed by atoms with E-state index in [0.29, 0.717) is 28.3 Å². The van der Waals surface area contributed by atoms with E-state index in [1.807, 2.05) is 30.3 Å². The number of ether oxygens (including phenoxy) is 1. The van der Waals surface area contributed by atoms with E-state index in [1.165, 1.54) is 6.20 Å². The highest BCUT2D eigenvalue weighted by Gasteiger charge is 2.18. The minimum absolute atomic E-state index is 0.274. The van der Waals surface area contributed by atoms with Crippen LogP contribution < -0.4 is 5.32 Å². The second-order valence-corrected chi connectivity index (χ2v) is 6.81. The van der Waals surface area contributed by atoms with Gasteiger partial charge in [0.1, 0.15) is 0 Å². The standard InChI is InChI=1S/C25H20N4O3/c1-2-32-25(31)19-9-6-10-20(15-19)28-24(30)21-16-27-23(18-7-4-3-5-8-18)29-22(21)17-11-13-26-14-12-17/h3-16H,2H2,1H3,(H,28,30). The van der Waals surface area contributed by atoms with E-state index in [0.717, 1.165) is 11.1 Å². The molecule has 0 unspecified atom stereocenters. The van der Waals surface area contributed by atoms with E-state index in [9.17, 15) is 9.59 Å². The summed E-state index contributed by atoms with van der Waals surface area (Å²) in [6.45, 7) is 2.01. The molecule has 4 aromatic rings. The molecule has 2 aromatic carbocycles. The van der Waals surface area contributed by atoms with Gasteiger partial charge in [0, 0.05) is 35.4 Å². The molecule has 0 aliphatic carbocycles. The third-order valence-corrected chi connectivity index (χ3v) is 4.65. The van der Waals surface area contributed by atoms with Crippen molar-refractivity contribution in [3.63, 3.8) is 0 Å². The number of hydrogen-bond acceptors (Lipinski definition) is 6. The first-order chi connectivity index (χ1) is 15.7. The summed E-state index contributed by atoms with van der Waals surface area (Å²) in [5.41, 5.74) is 3.20. The molecule has 0 radical (unpaired) electrons. The lowest BCUT2D eigenvalue weighted by Crippen LogP contribution is -2.15. The molecule has 2 heterocycles. The van der Waals surface area contributed by atoms with Crippen molar-refractivity contribution in [2.75, 3.05) is 11.9 Å². The molecule has 0 saturated carbocycles. The van der Waals surface area contributed by atoms with E-state index < -0.39 is 11.9 Å². The Morgan fingerprint density at radius 2 is 1.72 bits per heavy atom. The van der Waals surface area contributed by atoms with Crippen LogP contribution in [0, 0.1) is 0 Å². The van der Waals surface area contributed by atoms with Crippen molar-refractivity contribution >= 4 is 17.6 Å². The molecule has 0 bridgehead atoms. The third kappa shape index (κ3) is 4.67. The maximum Gasteiger partial charge on any atom is 0.338 e. The molecule has 7 nitrogen and oxygen atoms in total. The Morgan fingerprint density at radius 3 is 2.47 bits per heavy atom. The fraction of sp³-hybridized carbons (Fsp3) is 0.0800. The minimum Gasteiger partial charge on any atom is -0.462 e. The Hall–Kier alpha value is -4.39. The summed E-state index contributed by atoms with van der Waals surface area (Å²) < 4.78 is 5.03. The van der Waals surface area contributed by atoms with Gasteiger partial charge in [-0.25, -0.2) is 14.8 Å². The highest BCUT2D eigenvalue weighted by atomic mass is 16.5. The van der Waals surface area contributed by atoms with Crippen molar-refractivity contribution in [3.8, 4) is 22.6 Å². The maximum atomic E-state index is 13.1. The van der Waals surface area contributed by atoms with E-state index in [4.69, 9.17) is 4.74 Å². The molecule has 7 heteroatoms.